The molecule has 0 unspecified atom stereocenters. The fourth-order valence-electron chi connectivity index (χ4n) is 1.82. The van der Waals surface area contributed by atoms with Crippen LogP contribution in [0.3, 0.4) is 0 Å². The molecule has 0 aliphatic carbocycles. The summed E-state index contributed by atoms with van der Waals surface area (Å²) in [6, 6.07) is 10.1. The van der Waals surface area contributed by atoms with Crippen molar-refractivity contribution >= 4 is 23.4 Å². The van der Waals surface area contributed by atoms with Crippen LogP contribution in [0, 0.1) is 11.6 Å². The van der Waals surface area contributed by atoms with E-state index in [0.29, 0.717) is 5.56 Å². The minimum atomic E-state index is -0.723. The van der Waals surface area contributed by atoms with Gasteiger partial charge < -0.3 is 5.32 Å². The molecule has 2 aromatic carbocycles. The van der Waals surface area contributed by atoms with Crippen LogP contribution in [-0.4, -0.2) is 11.7 Å². The van der Waals surface area contributed by atoms with Gasteiger partial charge in [0.2, 0.25) is 0 Å². The zero-order valence-electron chi connectivity index (χ0n) is 11.5. The van der Waals surface area contributed by atoms with Crippen LogP contribution < -0.4 is 5.32 Å². The number of hydrogen-bond donors (Lipinski definition) is 1. The number of benzene rings is 2. The van der Waals surface area contributed by atoms with Gasteiger partial charge in [-0.25, -0.2) is 8.78 Å². The molecule has 2 rings (SSSR count). The van der Waals surface area contributed by atoms with Crippen LogP contribution in [-0.2, 0) is 0 Å². The number of anilines is 1. The lowest BCUT2D eigenvalue weighted by Gasteiger charge is -2.10. The molecule has 0 saturated carbocycles. The summed E-state index contributed by atoms with van der Waals surface area (Å²) in [5.74, 6) is -0.920. The zero-order valence-corrected chi connectivity index (χ0v) is 12.3. The fourth-order valence-corrected chi connectivity index (χ4v) is 2.73. The summed E-state index contributed by atoms with van der Waals surface area (Å²) >= 11 is 1.58. The first-order valence-corrected chi connectivity index (χ1v) is 7.58. The molecule has 0 radical (unpaired) electrons. The Morgan fingerprint density at radius 3 is 2.48 bits per heavy atom. The van der Waals surface area contributed by atoms with Crippen LogP contribution in [0.15, 0.2) is 47.4 Å². The molecular formula is C16H15F2NOS. The molecular weight excluding hydrogens is 292 g/mol. The van der Waals surface area contributed by atoms with E-state index in [-0.39, 0.29) is 11.6 Å². The fraction of sp³-hybridized carbons (Fsp3) is 0.188. The molecule has 1 N–H and O–H groups in total. The normalized spacial score (nSPS) is 10.4. The van der Waals surface area contributed by atoms with Gasteiger partial charge in [0.15, 0.2) is 0 Å². The molecule has 0 aromatic heterocycles. The Kier molecular flexibility index (Phi) is 5.33. The van der Waals surface area contributed by atoms with E-state index < -0.39 is 11.6 Å². The van der Waals surface area contributed by atoms with Gasteiger partial charge in [-0.2, -0.15) is 0 Å². The smallest absolute Gasteiger partial charge is 0.256 e. The van der Waals surface area contributed by atoms with Gasteiger partial charge in [-0.3, -0.25) is 4.79 Å². The molecule has 110 valence electrons. The molecule has 0 atom stereocenters. The highest BCUT2D eigenvalue weighted by atomic mass is 32.2. The third-order valence-electron chi connectivity index (χ3n) is 2.71. The number of hydrogen-bond acceptors (Lipinski definition) is 2. The molecule has 5 heteroatoms. The second-order valence-corrected chi connectivity index (χ2v) is 5.59. The highest BCUT2D eigenvalue weighted by molar-refractivity contribution is 7.99. The van der Waals surface area contributed by atoms with Gasteiger partial charge in [-0.15, -0.1) is 11.8 Å². The molecule has 0 saturated heterocycles. The first-order valence-electron chi connectivity index (χ1n) is 6.59. The minimum absolute atomic E-state index is 0.104. The second kappa shape index (κ2) is 7.22. The van der Waals surface area contributed by atoms with Crippen molar-refractivity contribution in [2.75, 3.05) is 11.1 Å². The van der Waals surface area contributed by atoms with Crippen molar-refractivity contribution in [3.63, 3.8) is 0 Å². The summed E-state index contributed by atoms with van der Waals surface area (Å²) in [6.07, 6.45) is 0.996. The van der Waals surface area contributed by atoms with E-state index in [2.05, 4.69) is 12.2 Å². The van der Waals surface area contributed by atoms with Gasteiger partial charge in [0.05, 0.1) is 5.56 Å². The van der Waals surface area contributed by atoms with E-state index in [1.165, 1.54) is 0 Å². The minimum Gasteiger partial charge on any atom is -0.322 e. The van der Waals surface area contributed by atoms with Crippen LogP contribution in [0.4, 0.5) is 14.5 Å². The molecule has 0 heterocycles. The highest BCUT2D eigenvalue weighted by Crippen LogP contribution is 2.24. The molecule has 1 amide bonds. The third-order valence-corrected chi connectivity index (χ3v) is 3.99. The predicted molar refractivity (Wildman–Crippen MR) is 81.8 cm³/mol. The van der Waals surface area contributed by atoms with Crippen LogP contribution in [0.5, 0.6) is 0 Å². The van der Waals surface area contributed by atoms with E-state index in [9.17, 15) is 13.6 Å². The van der Waals surface area contributed by atoms with Gasteiger partial charge in [-0.05, 0) is 36.4 Å². The second-order valence-electron chi connectivity index (χ2n) is 4.46. The van der Waals surface area contributed by atoms with E-state index in [1.807, 2.05) is 12.1 Å². The van der Waals surface area contributed by atoms with E-state index >= 15 is 0 Å². The first-order chi connectivity index (χ1) is 10.1. The quantitative estimate of drug-likeness (QED) is 0.810. The Bertz CT molecular complexity index is 626. The monoisotopic (exact) mass is 307 g/mol. The summed E-state index contributed by atoms with van der Waals surface area (Å²) in [4.78, 5) is 13.1. The number of nitrogens with one attached hydrogen (secondary N) is 1. The van der Waals surface area contributed by atoms with Crippen molar-refractivity contribution in [1.82, 2.24) is 0 Å². The summed E-state index contributed by atoms with van der Waals surface area (Å²) < 4.78 is 26.3. The molecule has 0 aliphatic heterocycles. The Balaban J connectivity index is 2.20. The number of halogens is 2. The molecule has 0 bridgehead atoms. The van der Waals surface area contributed by atoms with Crippen molar-refractivity contribution in [1.29, 1.82) is 0 Å². The Morgan fingerprint density at radius 1 is 1.14 bits per heavy atom. The first kappa shape index (κ1) is 15.5. The van der Waals surface area contributed by atoms with Gasteiger partial charge in [0.1, 0.15) is 11.6 Å². The van der Waals surface area contributed by atoms with Gasteiger partial charge in [-0.1, -0.05) is 19.1 Å². The average Bonchev–Trinajstić information content (AvgIpc) is 2.44. The lowest BCUT2D eigenvalue weighted by atomic mass is 10.2. The van der Waals surface area contributed by atoms with Crippen molar-refractivity contribution in [2.24, 2.45) is 0 Å². The number of carbonyl (C=O) groups is 1. The maximum Gasteiger partial charge on any atom is 0.256 e. The summed E-state index contributed by atoms with van der Waals surface area (Å²) in [7, 11) is 0. The Labute approximate surface area is 126 Å². The summed E-state index contributed by atoms with van der Waals surface area (Å²) in [6.45, 7) is 2.06. The third kappa shape index (κ3) is 4.29. The van der Waals surface area contributed by atoms with Crippen molar-refractivity contribution in [3.8, 4) is 0 Å². The summed E-state index contributed by atoms with van der Waals surface area (Å²) in [5.41, 5.74) is 0.605. The predicted octanol–water partition coefficient (Wildman–Crippen LogP) is 4.72. The molecule has 2 aromatic rings. The number of carbonyl (C=O) groups excluding carboxylic acids is 1. The lowest BCUT2D eigenvalue weighted by molar-refractivity contribution is 0.102. The highest BCUT2D eigenvalue weighted by Gasteiger charge is 2.12. The number of rotatable bonds is 5. The Hall–Kier alpha value is -1.88. The van der Waals surface area contributed by atoms with Crippen molar-refractivity contribution in [3.05, 3.63) is 59.7 Å². The van der Waals surface area contributed by atoms with Crippen LogP contribution in [0.25, 0.3) is 0 Å². The van der Waals surface area contributed by atoms with Crippen molar-refractivity contribution < 1.29 is 13.6 Å². The zero-order chi connectivity index (χ0) is 15.2. The molecule has 2 nitrogen and oxygen atoms in total. The number of amides is 1. The molecule has 0 aliphatic rings. The molecule has 21 heavy (non-hydrogen) atoms. The lowest BCUT2D eigenvalue weighted by Crippen LogP contribution is -2.13. The molecule has 0 fully saturated rings. The Morgan fingerprint density at radius 2 is 1.81 bits per heavy atom. The SMILES string of the molecule is CCCSc1ccccc1C(=O)Nc1cc(F)cc(F)c1. The van der Waals surface area contributed by atoms with E-state index in [0.717, 1.165) is 35.3 Å². The van der Waals surface area contributed by atoms with Crippen LogP contribution in [0.1, 0.15) is 23.7 Å². The maximum absolute atomic E-state index is 13.1. The van der Waals surface area contributed by atoms with Gasteiger partial charge >= 0.3 is 0 Å². The number of thioether (sulfide) groups is 1. The largest absolute Gasteiger partial charge is 0.322 e. The molecule has 0 spiro atoms. The van der Waals surface area contributed by atoms with E-state index in [1.54, 1.807) is 23.9 Å². The topological polar surface area (TPSA) is 29.1 Å². The van der Waals surface area contributed by atoms with Crippen LogP contribution >= 0.6 is 11.8 Å². The van der Waals surface area contributed by atoms with Crippen LogP contribution in [0.2, 0.25) is 0 Å². The van der Waals surface area contributed by atoms with E-state index in [4.69, 9.17) is 0 Å². The van der Waals surface area contributed by atoms with Crippen molar-refractivity contribution in [2.45, 2.75) is 18.2 Å². The van der Waals surface area contributed by atoms with Gasteiger partial charge in [0, 0.05) is 16.6 Å². The van der Waals surface area contributed by atoms with Gasteiger partial charge in [0.25, 0.3) is 5.91 Å². The summed E-state index contributed by atoms with van der Waals surface area (Å²) in [5, 5.41) is 2.52. The average molecular weight is 307 g/mol. The standard InChI is InChI=1S/C16H15F2NOS/c1-2-7-21-15-6-4-3-5-14(15)16(20)19-13-9-11(17)8-12(18)10-13/h3-6,8-10H,2,7H2,1H3,(H,19,20). The maximum atomic E-state index is 13.1.